The van der Waals surface area contributed by atoms with Crippen LogP contribution in [0.5, 0.6) is 0 Å². The second-order valence-electron chi connectivity index (χ2n) is 16.2. The molecule has 0 saturated heterocycles. The van der Waals surface area contributed by atoms with Gasteiger partial charge in [-0.05, 0) is 726 Å². The number of hydrogen-bond donors (Lipinski definition) is 0. The molecular formula is C12H12IKO2S97. The summed E-state index contributed by atoms with van der Waals surface area (Å²) in [5, 5.41) is -122. The fourth-order valence-electron chi connectivity index (χ4n) is 4.08. The van der Waals surface area contributed by atoms with Gasteiger partial charge in [0.2, 0.25) is 0 Å². The maximum absolute atomic E-state index is 11.3. The van der Waals surface area contributed by atoms with Crippen molar-refractivity contribution in [3.05, 3.63) is 47.6 Å². The molecule has 0 saturated carbocycles. The van der Waals surface area contributed by atoms with Gasteiger partial charge in [0.25, 0.3) is 0 Å². The third kappa shape index (κ3) is 24.4. The van der Waals surface area contributed by atoms with Crippen LogP contribution in [0.1, 0.15) is 13.8 Å². The maximum atomic E-state index is 11.3. The maximum Gasteiger partial charge on any atom is 1.00 e. The first-order chi connectivity index (χ1) is 47.3. The van der Waals surface area contributed by atoms with Crippen LogP contribution in [0.25, 0.3) is 0 Å². The smallest absolute Gasteiger partial charge is 0.694 e. The summed E-state index contributed by atoms with van der Waals surface area (Å²) in [6, 6.07) is 0. The van der Waals surface area contributed by atoms with Crippen molar-refractivity contribution in [3.63, 3.8) is 0 Å². The quantitative estimate of drug-likeness (QED) is 0.0303. The molecular weight excluding hydrogens is 3450 g/mol. The molecule has 0 unspecified atom stereocenters. The predicted octanol–water partition coefficient (Wildman–Crippen LogP) is -0.200. The van der Waals surface area contributed by atoms with E-state index in [2.05, 4.69) is 0 Å². The SMILES string of the molecule is CC1=C/C=C/C(=O)/C(C)=C\C(=O)C=C1.S=S(=S)([S-])S(=S)(=S)S(=S)(=S)S(=S)(=S)S(=S)(=S)S(=S)(=S)S(=S)(=S)S(=S)(=S)S(=S)(=S)S(=S)(=S)S(=S)(=S)S(=S)(=S)S(=S)(=S)S(=S)(=S)S(=S)(=S)S(=S)(=S)S(=S)(=S)S(=S)(=S)S(=S)(=S)S(=S)(=S)S(=S)(=S)S(=S)(=S)S(=S)(=S)S(=S)(=S)S(=S)(=S)S(=S)(=S)S(=S)(=S)S(=S)(=S)S(=S)(=S)S(=S)(=S)S(=S)(=S)S(=S)(=S)I.[K+]. The van der Waals surface area contributed by atoms with Gasteiger partial charge in [-0.25, -0.2) is 0 Å². The second-order valence-corrected chi connectivity index (χ2v) is 362. The zero-order valence-corrected chi connectivity index (χ0v) is 134. The molecule has 0 fully saturated rings. The molecule has 101 heteroatoms. The summed E-state index contributed by atoms with van der Waals surface area (Å²) < 4.78 is -2.77. The van der Waals surface area contributed by atoms with Gasteiger partial charge in [-0.1, -0.05) is 46.2 Å². The van der Waals surface area contributed by atoms with Gasteiger partial charge in [-0.2, -0.15) is 0 Å². The van der Waals surface area contributed by atoms with Gasteiger partial charge in [-0.3, -0.25) is 9.59 Å². The van der Waals surface area contributed by atoms with E-state index in [-0.39, 0.29) is 63.0 Å². The Balaban J connectivity index is 0. The molecule has 1 aliphatic carbocycles. The Hall–Kier alpha value is 26.3. The number of hydrogen-bond acceptors (Lipinski definition) is 67. The Morgan fingerprint density at radius 2 is 0.354 bits per heavy atom. The van der Waals surface area contributed by atoms with Crippen LogP contribution in [0.2, 0.25) is 0 Å². The minimum absolute atomic E-state index is 0. The molecule has 0 amide bonds. The molecule has 113 heavy (non-hydrogen) atoms. The van der Waals surface area contributed by atoms with Gasteiger partial charge in [0, 0.05) is 186 Å². The van der Waals surface area contributed by atoms with E-state index >= 15 is 0 Å². The van der Waals surface area contributed by atoms with Gasteiger partial charge in [0.1, 0.15) is 0 Å². The van der Waals surface area contributed by atoms with Crippen molar-refractivity contribution in [3.8, 4) is 0 Å². The molecule has 0 aliphatic heterocycles. The van der Waals surface area contributed by atoms with Crippen molar-refractivity contribution in [1.82, 2.24) is 0 Å². The molecule has 2 nitrogen and oxygen atoms in total. The van der Waals surface area contributed by atoms with Gasteiger partial charge in [0.05, 0.1) is 0 Å². The fourth-order valence-corrected chi connectivity index (χ4v) is 754. The standard InChI is InChI=1S/C12H12O2.HIS97.K/c1-9-4-3-5-12(14)10(2)8-11(13)7-6-9;1-67(2,3)69(7,8)71(11,12)73(15,16)75(19,20)77(23,24)79(27,28)81(31,32)83(35,36)85(39,40)87(43,44)89(47,48)91(51,52)93(55,56)95(59,60)97(63,64)98(65,66)96(61,62)94(57,58)92(53,54)90(49,50)88(45,46)86(41,42)84(37,38)82(33,34)80(29,30)78(25,26)76(21,22)74(17,18)72(13,14)70(9,10)68(4,5)6;/h3-8H,1-2H3;(H,4,5,6);/q;;+1/p-1/b5-3+,7-6?,9-4?,10-8-;;. The normalized spacial score (nSPS) is 17.7. The summed E-state index contributed by atoms with van der Waals surface area (Å²) >= 11 is 395. The Morgan fingerprint density at radius 1 is 0.221 bits per heavy atom. The van der Waals surface area contributed by atoms with Crippen LogP contribution in [0.4, 0.5) is 0 Å². The van der Waals surface area contributed by atoms with E-state index in [1.165, 1.54) is 18.2 Å². The first kappa shape index (κ1) is 141. The number of allylic oxidation sites excluding steroid dienone is 8. The molecule has 662 valence electrons. The number of carbonyl (C=O) groups excluding carboxylic acids is 2. The van der Waals surface area contributed by atoms with Gasteiger partial charge in [0.15, 0.2) is 11.6 Å². The van der Waals surface area contributed by atoms with Crippen molar-refractivity contribution in [1.29, 1.82) is 0 Å². The zero-order valence-electron chi connectivity index (χ0n) is 49.3. The van der Waals surface area contributed by atoms with E-state index < -0.39 is 165 Å². The molecule has 0 heterocycles. The molecule has 0 aromatic heterocycles. The summed E-state index contributed by atoms with van der Waals surface area (Å²) in [6.07, 6.45) is 9.48. The molecule has 0 N–H and O–H groups in total. The molecule has 0 radical (unpaired) electrons. The number of carbonyl (C=O) groups is 2. The number of ketones is 2. The first-order valence-corrected chi connectivity index (χ1v) is 151. The van der Waals surface area contributed by atoms with Crippen molar-refractivity contribution >= 4 is 925 Å². The molecule has 0 aromatic carbocycles. The fraction of sp³-hybridized carbons (Fsp3) is 0.167. The Morgan fingerprint density at radius 3 is 0.487 bits per heavy atom. The monoisotopic (exact) mass is 3460 g/mol. The molecule has 0 aromatic rings. The van der Waals surface area contributed by atoms with Gasteiger partial charge < -0.3 is 11.7 Å². The largest absolute Gasteiger partial charge is 1.00 e. The topological polar surface area (TPSA) is 34.1 Å². The van der Waals surface area contributed by atoms with E-state index in [1.54, 1.807) is 46.4 Å². The average Bonchev–Trinajstić information content (AvgIpc) is 0.676. The van der Waals surface area contributed by atoms with Gasteiger partial charge in [-0.15, -0.1) is 5.21 Å². The predicted molar refractivity (Wildman–Crippen MR) is 784 cm³/mol. The third-order valence-electron chi connectivity index (χ3n) is 9.61. The van der Waals surface area contributed by atoms with Crippen LogP contribution in [0.15, 0.2) is 47.6 Å². The van der Waals surface area contributed by atoms with Crippen LogP contribution in [0, 0.1) is 0 Å². The average molecular weight is 3460 g/mol. The van der Waals surface area contributed by atoms with Crippen LogP contribution in [-0.2, 0) is 902 Å². The number of rotatable bonds is 31. The summed E-state index contributed by atoms with van der Waals surface area (Å²) in [5.41, 5.74) is 1.40. The molecule has 0 bridgehead atoms. The van der Waals surface area contributed by atoms with Gasteiger partial charge >= 0.3 is 51.4 Å². The third-order valence-corrected chi connectivity index (χ3v) is 637. The minimum atomic E-state index is -4.20. The Kier molecular flexibility index (Phi) is 58.4. The zero-order chi connectivity index (χ0) is 92.6. The Bertz CT molecular complexity index is 8090. The van der Waals surface area contributed by atoms with Crippen LogP contribution < -0.4 is 51.4 Å². The Labute approximate surface area is 1020 Å². The van der Waals surface area contributed by atoms with Crippen molar-refractivity contribution in [2.75, 3.05) is 0 Å². The summed E-state index contributed by atoms with van der Waals surface area (Å²) in [5.74, 6) is -0.281. The van der Waals surface area contributed by atoms with Crippen molar-refractivity contribution in [2.45, 2.75) is 13.8 Å². The van der Waals surface area contributed by atoms with Crippen molar-refractivity contribution in [2.24, 2.45) is 0 Å². The second kappa shape index (κ2) is 46.7. The van der Waals surface area contributed by atoms with E-state index in [1.807, 2.05) is 6.92 Å². The molecule has 1 rings (SSSR count). The van der Waals surface area contributed by atoms with E-state index in [4.69, 9.17) is 728 Å². The summed E-state index contributed by atoms with van der Waals surface area (Å²) in [4.78, 5) is 22.6. The molecule has 0 spiro atoms. The van der Waals surface area contributed by atoms with Crippen molar-refractivity contribution < 1.29 is 61.0 Å². The summed E-state index contributed by atoms with van der Waals surface area (Å²) in [6.45, 7) is 3.51. The minimum Gasteiger partial charge on any atom is -0.694 e. The number of halogens is 1. The molecule has 0 atom stereocenters. The van der Waals surface area contributed by atoms with E-state index in [0.29, 0.717) is 5.57 Å². The first-order valence-electron chi connectivity index (χ1n) is 20.5. The van der Waals surface area contributed by atoms with Crippen LogP contribution in [-0.4, -0.2) is 11.6 Å². The van der Waals surface area contributed by atoms with E-state index in [9.17, 15) is 9.59 Å². The molecule has 1 aliphatic rings. The summed E-state index contributed by atoms with van der Waals surface area (Å²) in [7, 11) is 0. The van der Waals surface area contributed by atoms with Crippen LogP contribution >= 0.6 is 21.2 Å². The van der Waals surface area contributed by atoms with Crippen LogP contribution in [0.3, 0.4) is 0 Å². The van der Waals surface area contributed by atoms with E-state index in [0.717, 1.165) is 5.57 Å².